The zero-order valence-electron chi connectivity index (χ0n) is 8.11. The van der Waals surface area contributed by atoms with Crippen molar-refractivity contribution in [3.05, 3.63) is 17.8 Å². The second-order valence-electron chi connectivity index (χ2n) is 2.55. The van der Waals surface area contributed by atoms with Crippen LogP contribution < -0.4 is 5.73 Å². The molecule has 0 spiro atoms. The van der Waals surface area contributed by atoms with Crippen molar-refractivity contribution in [2.24, 2.45) is 0 Å². The summed E-state index contributed by atoms with van der Waals surface area (Å²) in [4.78, 5) is 15.5. The first-order valence-corrected chi connectivity index (χ1v) is 5.38. The molecule has 0 amide bonds. The van der Waals surface area contributed by atoms with Gasteiger partial charge in [-0.25, -0.2) is 9.78 Å². The first-order valence-electron chi connectivity index (χ1n) is 4.15. The Hall–Kier alpha value is -1.23. The zero-order chi connectivity index (χ0) is 10.6. The average Bonchev–Trinajstić information content (AvgIpc) is 2.18. The Kier molecular flexibility index (Phi) is 3.76. The second-order valence-corrected chi connectivity index (χ2v) is 3.34. The van der Waals surface area contributed by atoms with Gasteiger partial charge in [-0.2, -0.15) is 0 Å². The van der Waals surface area contributed by atoms with Crippen LogP contribution in [0.5, 0.6) is 0 Å². The van der Waals surface area contributed by atoms with Crippen LogP contribution in [0.15, 0.2) is 17.3 Å². The van der Waals surface area contributed by atoms with Crippen LogP contribution in [0.2, 0.25) is 0 Å². The third-order valence-corrected chi connectivity index (χ3v) is 2.27. The van der Waals surface area contributed by atoms with Crippen LogP contribution in [-0.4, -0.2) is 23.8 Å². The number of hydrogen-bond acceptors (Lipinski definition) is 5. The molecule has 0 aliphatic carbocycles. The van der Waals surface area contributed by atoms with Crippen LogP contribution in [0.4, 0.5) is 5.69 Å². The summed E-state index contributed by atoms with van der Waals surface area (Å²) in [6.45, 7) is 2.11. The number of ether oxygens (including phenoxy) is 1. The Morgan fingerprint density at radius 3 is 3.00 bits per heavy atom. The van der Waals surface area contributed by atoms with E-state index in [1.807, 2.05) is 6.26 Å². The number of esters is 1. The van der Waals surface area contributed by atoms with E-state index in [4.69, 9.17) is 10.5 Å². The van der Waals surface area contributed by atoms with Gasteiger partial charge in [-0.1, -0.05) is 0 Å². The summed E-state index contributed by atoms with van der Waals surface area (Å²) in [5, 5.41) is 0.637. The molecule has 1 rings (SSSR count). The van der Waals surface area contributed by atoms with Gasteiger partial charge in [0.15, 0.2) is 0 Å². The topological polar surface area (TPSA) is 65.2 Å². The van der Waals surface area contributed by atoms with E-state index in [0.717, 1.165) is 0 Å². The minimum Gasteiger partial charge on any atom is -0.462 e. The molecule has 0 saturated carbocycles. The highest BCUT2D eigenvalue weighted by Crippen LogP contribution is 2.20. The number of thioether (sulfide) groups is 1. The molecule has 0 fully saturated rings. The standard InChI is InChI=1S/C9H12N2O2S/c1-3-13-9(12)7-4-6(10)5-11-8(7)14-2/h4-5H,3,10H2,1-2H3. The smallest absolute Gasteiger partial charge is 0.340 e. The first-order chi connectivity index (χ1) is 6.69. The molecule has 0 saturated heterocycles. The fourth-order valence-corrected chi connectivity index (χ4v) is 1.51. The highest BCUT2D eigenvalue weighted by atomic mass is 32.2. The molecule has 0 aromatic carbocycles. The molecule has 76 valence electrons. The van der Waals surface area contributed by atoms with Crippen LogP contribution in [0.3, 0.4) is 0 Å². The Morgan fingerprint density at radius 2 is 2.43 bits per heavy atom. The Bertz CT molecular complexity index is 342. The highest BCUT2D eigenvalue weighted by Gasteiger charge is 2.13. The summed E-state index contributed by atoms with van der Waals surface area (Å²) >= 11 is 1.39. The Labute approximate surface area is 86.8 Å². The molecule has 4 nitrogen and oxygen atoms in total. The Morgan fingerprint density at radius 1 is 1.71 bits per heavy atom. The molecule has 0 unspecified atom stereocenters. The van der Waals surface area contributed by atoms with Crippen LogP contribution in [0.25, 0.3) is 0 Å². The van der Waals surface area contributed by atoms with Crippen molar-refractivity contribution >= 4 is 23.4 Å². The van der Waals surface area contributed by atoms with E-state index in [1.165, 1.54) is 18.0 Å². The molecule has 0 bridgehead atoms. The van der Waals surface area contributed by atoms with E-state index < -0.39 is 0 Å². The third kappa shape index (κ3) is 2.38. The van der Waals surface area contributed by atoms with Crippen molar-refractivity contribution in [2.75, 3.05) is 18.6 Å². The molecule has 0 aliphatic rings. The lowest BCUT2D eigenvalue weighted by Gasteiger charge is -2.06. The predicted octanol–water partition coefficient (Wildman–Crippen LogP) is 1.56. The van der Waals surface area contributed by atoms with Crippen molar-refractivity contribution in [1.82, 2.24) is 4.98 Å². The van der Waals surface area contributed by atoms with E-state index in [0.29, 0.717) is 22.9 Å². The van der Waals surface area contributed by atoms with Crippen molar-refractivity contribution in [3.8, 4) is 0 Å². The molecule has 0 aliphatic heterocycles. The van der Waals surface area contributed by atoms with E-state index in [2.05, 4.69) is 4.98 Å². The number of pyridine rings is 1. The predicted molar refractivity (Wildman–Crippen MR) is 56.4 cm³/mol. The van der Waals surface area contributed by atoms with Gasteiger partial charge in [0.05, 0.1) is 24.1 Å². The lowest BCUT2D eigenvalue weighted by atomic mass is 10.3. The van der Waals surface area contributed by atoms with Gasteiger partial charge in [0, 0.05) is 0 Å². The number of carbonyl (C=O) groups is 1. The van der Waals surface area contributed by atoms with Gasteiger partial charge in [0.25, 0.3) is 0 Å². The fraction of sp³-hybridized carbons (Fsp3) is 0.333. The fourth-order valence-electron chi connectivity index (χ4n) is 0.986. The summed E-state index contributed by atoms with van der Waals surface area (Å²) < 4.78 is 4.88. The lowest BCUT2D eigenvalue weighted by molar-refractivity contribution is 0.0521. The number of hydrogen-bond donors (Lipinski definition) is 1. The zero-order valence-corrected chi connectivity index (χ0v) is 8.93. The molecule has 1 heterocycles. The van der Waals surface area contributed by atoms with Gasteiger partial charge >= 0.3 is 5.97 Å². The van der Waals surface area contributed by atoms with Gasteiger partial charge in [-0.3, -0.25) is 0 Å². The quantitative estimate of drug-likeness (QED) is 0.608. The molecule has 1 aromatic heterocycles. The maximum absolute atomic E-state index is 11.4. The van der Waals surface area contributed by atoms with Crippen LogP contribution in [-0.2, 0) is 4.74 Å². The second kappa shape index (κ2) is 4.85. The summed E-state index contributed by atoms with van der Waals surface area (Å²) in [5.74, 6) is -0.378. The van der Waals surface area contributed by atoms with Crippen molar-refractivity contribution in [1.29, 1.82) is 0 Å². The number of nitrogen functional groups attached to an aromatic ring is 1. The summed E-state index contributed by atoms with van der Waals surface area (Å²) in [6.07, 6.45) is 3.37. The molecule has 0 atom stereocenters. The minimum atomic E-state index is -0.378. The number of aromatic nitrogens is 1. The van der Waals surface area contributed by atoms with E-state index in [1.54, 1.807) is 13.0 Å². The average molecular weight is 212 g/mol. The van der Waals surface area contributed by atoms with Crippen molar-refractivity contribution in [3.63, 3.8) is 0 Å². The maximum atomic E-state index is 11.4. The van der Waals surface area contributed by atoms with Gasteiger partial charge < -0.3 is 10.5 Å². The number of nitrogens with two attached hydrogens (primary N) is 1. The van der Waals surface area contributed by atoms with E-state index in [-0.39, 0.29) is 5.97 Å². The first kappa shape index (κ1) is 10.8. The van der Waals surface area contributed by atoms with Gasteiger partial charge in [-0.15, -0.1) is 11.8 Å². The molecule has 1 aromatic rings. The molecule has 5 heteroatoms. The Balaban J connectivity index is 3.03. The van der Waals surface area contributed by atoms with Crippen LogP contribution in [0.1, 0.15) is 17.3 Å². The van der Waals surface area contributed by atoms with Crippen molar-refractivity contribution < 1.29 is 9.53 Å². The van der Waals surface area contributed by atoms with E-state index >= 15 is 0 Å². The number of nitrogens with zero attached hydrogens (tertiary/aromatic N) is 1. The summed E-state index contributed by atoms with van der Waals surface area (Å²) in [5.41, 5.74) is 6.43. The van der Waals surface area contributed by atoms with Crippen LogP contribution in [0, 0.1) is 0 Å². The summed E-state index contributed by atoms with van der Waals surface area (Å²) in [6, 6.07) is 1.58. The summed E-state index contributed by atoms with van der Waals surface area (Å²) in [7, 11) is 0. The van der Waals surface area contributed by atoms with Gasteiger partial charge in [0.2, 0.25) is 0 Å². The largest absolute Gasteiger partial charge is 0.462 e. The van der Waals surface area contributed by atoms with E-state index in [9.17, 15) is 4.79 Å². The molecular weight excluding hydrogens is 200 g/mol. The minimum absolute atomic E-state index is 0.349. The third-order valence-electron chi connectivity index (χ3n) is 1.56. The normalized spacial score (nSPS) is 9.86. The number of rotatable bonds is 3. The van der Waals surface area contributed by atoms with Gasteiger partial charge in [0.1, 0.15) is 5.03 Å². The molecular formula is C9H12N2O2S. The molecule has 14 heavy (non-hydrogen) atoms. The molecule has 0 radical (unpaired) electrons. The number of carbonyl (C=O) groups excluding carboxylic acids is 1. The molecule has 2 N–H and O–H groups in total. The number of anilines is 1. The SMILES string of the molecule is CCOC(=O)c1cc(N)cnc1SC. The maximum Gasteiger partial charge on any atom is 0.340 e. The van der Waals surface area contributed by atoms with Crippen LogP contribution >= 0.6 is 11.8 Å². The lowest BCUT2D eigenvalue weighted by Crippen LogP contribution is -2.08. The monoisotopic (exact) mass is 212 g/mol. The van der Waals surface area contributed by atoms with Crippen molar-refractivity contribution in [2.45, 2.75) is 11.9 Å². The highest BCUT2D eigenvalue weighted by molar-refractivity contribution is 7.98. The van der Waals surface area contributed by atoms with Gasteiger partial charge in [-0.05, 0) is 19.2 Å².